The molecule has 1 rings (SSSR count). The fourth-order valence-corrected chi connectivity index (χ4v) is 1.76. The number of likely N-dealkylation sites (N-methyl/N-ethyl adjacent to an activating group) is 1. The van der Waals surface area contributed by atoms with E-state index in [0.29, 0.717) is 18.0 Å². The first-order chi connectivity index (χ1) is 10.9. The van der Waals surface area contributed by atoms with Crippen LogP contribution in [0.15, 0.2) is 24.3 Å². The fourth-order valence-electron chi connectivity index (χ4n) is 1.76. The molecule has 8 nitrogen and oxygen atoms in total. The van der Waals surface area contributed by atoms with Gasteiger partial charge in [0.15, 0.2) is 0 Å². The van der Waals surface area contributed by atoms with E-state index in [4.69, 9.17) is 4.74 Å². The summed E-state index contributed by atoms with van der Waals surface area (Å²) in [5, 5.41) is 2.74. The fraction of sp³-hybridized carbons (Fsp3) is 0.400. The third-order valence-corrected chi connectivity index (χ3v) is 2.93. The molecule has 0 radical (unpaired) electrons. The summed E-state index contributed by atoms with van der Waals surface area (Å²) in [6.45, 7) is 3.72. The average Bonchev–Trinajstić information content (AvgIpc) is 2.53. The van der Waals surface area contributed by atoms with Gasteiger partial charge in [0.05, 0.1) is 20.2 Å². The van der Waals surface area contributed by atoms with E-state index in [2.05, 4.69) is 16.2 Å². The van der Waals surface area contributed by atoms with Gasteiger partial charge in [-0.25, -0.2) is 0 Å². The van der Waals surface area contributed by atoms with Gasteiger partial charge in [0.2, 0.25) is 11.8 Å². The Morgan fingerprint density at radius 1 is 1.04 bits per heavy atom. The number of ether oxygens (including phenoxy) is 1. The monoisotopic (exact) mass is 322 g/mol. The lowest BCUT2D eigenvalue weighted by Gasteiger charge is -2.19. The molecule has 3 amide bonds. The Morgan fingerprint density at radius 3 is 2.17 bits per heavy atom. The van der Waals surface area contributed by atoms with Crippen molar-refractivity contribution in [3.63, 3.8) is 0 Å². The van der Waals surface area contributed by atoms with Gasteiger partial charge in [0, 0.05) is 12.6 Å². The van der Waals surface area contributed by atoms with Crippen molar-refractivity contribution in [2.45, 2.75) is 13.8 Å². The number of nitrogens with zero attached hydrogens (tertiary/aromatic N) is 1. The van der Waals surface area contributed by atoms with Gasteiger partial charge in [-0.05, 0) is 30.8 Å². The van der Waals surface area contributed by atoms with Crippen LogP contribution < -0.4 is 20.9 Å². The van der Waals surface area contributed by atoms with Gasteiger partial charge < -0.3 is 10.1 Å². The molecule has 0 bridgehead atoms. The summed E-state index contributed by atoms with van der Waals surface area (Å²) < 4.78 is 5.04. The Kier molecular flexibility index (Phi) is 7.55. The van der Waals surface area contributed by atoms with Crippen molar-refractivity contribution in [1.82, 2.24) is 15.8 Å². The summed E-state index contributed by atoms with van der Waals surface area (Å²) in [5.41, 5.74) is 5.11. The quantitative estimate of drug-likeness (QED) is 0.619. The van der Waals surface area contributed by atoms with Crippen molar-refractivity contribution in [3.05, 3.63) is 24.3 Å². The Morgan fingerprint density at radius 2 is 1.65 bits per heavy atom. The van der Waals surface area contributed by atoms with Crippen LogP contribution in [0.1, 0.15) is 13.8 Å². The highest BCUT2D eigenvalue weighted by molar-refractivity contribution is 5.92. The Balaban J connectivity index is 2.45. The Bertz CT molecular complexity index is 545. The minimum Gasteiger partial charge on any atom is -0.497 e. The molecule has 23 heavy (non-hydrogen) atoms. The lowest BCUT2D eigenvalue weighted by Crippen LogP contribution is -2.47. The summed E-state index contributed by atoms with van der Waals surface area (Å²) in [7, 11) is 1.57. The van der Waals surface area contributed by atoms with Crippen molar-refractivity contribution in [2.24, 2.45) is 0 Å². The molecule has 0 spiro atoms. The van der Waals surface area contributed by atoms with Gasteiger partial charge in [0.1, 0.15) is 5.75 Å². The number of rotatable bonds is 7. The van der Waals surface area contributed by atoms with Crippen LogP contribution in [-0.2, 0) is 14.4 Å². The number of nitrogens with one attached hydrogen (secondary N) is 3. The van der Waals surface area contributed by atoms with Gasteiger partial charge in [-0.2, -0.15) is 0 Å². The second kappa shape index (κ2) is 9.42. The SMILES string of the molecule is CCN(CC(=O)NNC(C)=O)CC(=O)Nc1ccc(OC)cc1. The third-order valence-electron chi connectivity index (χ3n) is 2.93. The van der Waals surface area contributed by atoms with Crippen molar-refractivity contribution in [3.8, 4) is 5.75 Å². The van der Waals surface area contributed by atoms with Crippen LogP contribution >= 0.6 is 0 Å². The maximum Gasteiger partial charge on any atom is 0.252 e. The van der Waals surface area contributed by atoms with Gasteiger partial charge in [-0.1, -0.05) is 6.92 Å². The van der Waals surface area contributed by atoms with Gasteiger partial charge in [-0.15, -0.1) is 0 Å². The first-order valence-electron chi connectivity index (χ1n) is 7.16. The highest BCUT2D eigenvalue weighted by atomic mass is 16.5. The lowest BCUT2D eigenvalue weighted by molar-refractivity contribution is -0.129. The van der Waals surface area contributed by atoms with Crippen molar-refractivity contribution in [1.29, 1.82) is 0 Å². The van der Waals surface area contributed by atoms with E-state index in [1.54, 1.807) is 36.3 Å². The predicted octanol–water partition coefficient (Wildman–Crippen LogP) is 0.123. The molecule has 0 aromatic heterocycles. The molecule has 0 aliphatic heterocycles. The van der Waals surface area contributed by atoms with Crippen LogP contribution in [-0.4, -0.2) is 49.4 Å². The number of hydrazine groups is 1. The number of carbonyl (C=O) groups is 3. The molecule has 0 aliphatic carbocycles. The predicted molar refractivity (Wildman–Crippen MR) is 85.7 cm³/mol. The molecule has 1 aromatic rings. The average molecular weight is 322 g/mol. The molecule has 8 heteroatoms. The van der Waals surface area contributed by atoms with E-state index >= 15 is 0 Å². The first kappa shape index (κ1) is 18.4. The molecule has 0 aliphatic rings. The number of benzene rings is 1. The van der Waals surface area contributed by atoms with Crippen LogP contribution in [0.4, 0.5) is 5.69 Å². The summed E-state index contributed by atoms with van der Waals surface area (Å²) >= 11 is 0. The molecular formula is C15H22N4O4. The number of methoxy groups -OCH3 is 1. The van der Waals surface area contributed by atoms with Gasteiger partial charge >= 0.3 is 0 Å². The lowest BCUT2D eigenvalue weighted by atomic mass is 10.3. The topological polar surface area (TPSA) is 99.8 Å². The minimum atomic E-state index is -0.390. The molecule has 0 atom stereocenters. The maximum atomic E-state index is 12.0. The number of carbonyl (C=O) groups excluding carboxylic acids is 3. The van der Waals surface area contributed by atoms with E-state index < -0.39 is 0 Å². The second-order valence-corrected chi connectivity index (χ2v) is 4.81. The summed E-state index contributed by atoms with van der Waals surface area (Å²) in [4.78, 5) is 36.0. The molecular weight excluding hydrogens is 300 g/mol. The van der Waals surface area contributed by atoms with E-state index in [1.807, 2.05) is 6.92 Å². The van der Waals surface area contributed by atoms with Crippen molar-refractivity contribution >= 4 is 23.4 Å². The molecule has 0 unspecified atom stereocenters. The summed E-state index contributed by atoms with van der Waals surface area (Å²) in [6.07, 6.45) is 0. The molecule has 0 saturated carbocycles. The minimum absolute atomic E-state index is 0.00676. The van der Waals surface area contributed by atoms with Crippen molar-refractivity contribution in [2.75, 3.05) is 32.1 Å². The molecule has 0 fully saturated rings. The second-order valence-electron chi connectivity index (χ2n) is 4.81. The van der Waals surface area contributed by atoms with Gasteiger partial charge in [-0.3, -0.25) is 30.1 Å². The number of hydrogen-bond acceptors (Lipinski definition) is 5. The largest absolute Gasteiger partial charge is 0.497 e. The molecule has 126 valence electrons. The highest BCUT2D eigenvalue weighted by Crippen LogP contribution is 2.14. The zero-order valence-corrected chi connectivity index (χ0v) is 13.5. The molecule has 3 N–H and O–H groups in total. The van der Waals surface area contributed by atoms with E-state index in [-0.39, 0.29) is 30.8 Å². The van der Waals surface area contributed by atoms with E-state index in [0.717, 1.165) is 0 Å². The smallest absolute Gasteiger partial charge is 0.252 e. The standard InChI is InChI=1S/C15H22N4O4/c1-4-19(10-15(22)18-17-11(2)20)9-14(21)16-12-5-7-13(23-3)8-6-12/h5-8H,4,9-10H2,1-3H3,(H,16,21)(H,17,20)(H,18,22). The summed E-state index contributed by atoms with van der Waals surface area (Å²) in [5.74, 6) is -0.282. The zero-order valence-electron chi connectivity index (χ0n) is 13.5. The van der Waals surface area contributed by atoms with E-state index in [1.165, 1.54) is 6.92 Å². The number of anilines is 1. The molecule has 0 saturated heterocycles. The van der Waals surface area contributed by atoms with Crippen LogP contribution in [0, 0.1) is 0 Å². The van der Waals surface area contributed by atoms with Crippen LogP contribution in [0.3, 0.4) is 0 Å². The van der Waals surface area contributed by atoms with E-state index in [9.17, 15) is 14.4 Å². The highest BCUT2D eigenvalue weighted by Gasteiger charge is 2.13. The first-order valence-corrected chi connectivity index (χ1v) is 7.16. The third kappa shape index (κ3) is 7.28. The molecule has 1 aromatic carbocycles. The Hall–Kier alpha value is -2.61. The van der Waals surface area contributed by atoms with Crippen LogP contribution in [0.2, 0.25) is 0 Å². The number of amides is 3. The summed E-state index contributed by atoms with van der Waals surface area (Å²) in [6, 6.07) is 6.95. The maximum absolute atomic E-state index is 12.0. The number of hydrogen-bond donors (Lipinski definition) is 3. The van der Waals surface area contributed by atoms with Crippen molar-refractivity contribution < 1.29 is 19.1 Å². The van der Waals surface area contributed by atoms with Crippen LogP contribution in [0.5, 0.6) is 5.75 Å². The van der Waals surface area contributed by atoms with Crippen LogP contribution in [0.25, 0.3) is 0 Å². The Labute approximate surface area is 135 Å². The zero-order chi connectivity index (χ0) is 17.2. The molecule has 0 heterocycles. The normalized spacial score (nSPS) is 10.1. The van der Waals surface area contributed by atoms with Gasteiger partial charge in [0.25, 0.3) is 5.91 Å².